The van der Waals surface area contributed by atoms with Crippen LogP contribution in [0.4, 0.5) is 0 Å². The Labute approximate surface area is 91.6 Å². The highest BCUT2D eigenvalue weighted by Crippen LogP contribution is 2.26. The molecule has 0 aliphatic heterocycles. The van der Waals surface area contributed by atoms with Gasteiger partial charge in [0.15, 0.2) is 0 Å². The molecule has 1 radical (unpaired) electrons. The fourth-order valence-corrected chi connectivity index (χ4v) is 1.98. The summed E-state index contributed by atoms with van der Waals surface area (Å²) < 4.78 is 0. The van der Waals surface area contributed by atoms with Gasteiger partial charge in [0.05, 0.1) is 0 Å². The molecule has 0 fully saturated rings. The fourth-order valence-electron chi connectivity index (χ4n) is 1.98. The quantitative estimate of drug-likeness (QED) is 0.693. The van der Waals surface area contributed by atoms with Crippen LogP contribution in [-0.4, -0.2) is 0 Å². The summed E-state index contributed by atoms with van der Waals surface area (Å²) in [4.78, 5) is 0. The summed E-state index contributed by atoms with van der Waals surface area (Å²) in [7, 11) is 0. The Bertz CT molecular complexity index is 349. The Kier molecular flexibility index (Phi) is 3.18. The lowest BCUT2D eigenvalue weighted by Gasteiger charge is -2.15. The maximum Gasteiger partial charge on any atom is 0.00867 e. The predicted molar refractivity (Wildman–Crippen MR) is 63.9 cm³/mol. The summed E-state index contributed by atoms with van der Waals surface area (Å²) in [6.45, 7) is 2.23. The summed E-state index contributed by atoms with van der Waals surface area (Å²) in [5.41, 5.74) is 2.77. The largest absolute Gasteiger partial charge is 0.0645 e. The van der Waals surface area contributed by atoms with Crippen molar-refractivity contribution in [1.82, 2.24) is 0 Å². The van der Waals surface area contributed by atoms with Gasteiger partial charge in [-0.15, -0.1) is 0 Å². The van der Waals surface area contributed by atoms with Crippen LogP contribution in [0.25, 0.3) is 0 Å². The molecule has 2 rings (SSSR count). The molecule has 0 spiro atoms. The number of benzene rings is 2. The van der Waals surface area contributed by atoms with Crippen LogP contribution in [0.3, 0.4) is 0 Å². The Balaban J connectivity index is 2.34. The topological polar surface area (TPSA) is 0 Å². The number of rotatable bonds is 3. The van der Waals surface area contributed by atoms with Crippen LogP contribution in [0, 0.1) is 6.07 Å². The molecule has 0 nitrogen and oxygen atoms in total. The van der Waals surface area contributed by atoms with Crippen LogP contribution in [0.5, 0.6) is 0 Å². The zero-order chi connectivity index (χ0) is 10.5. The van der Waals surface area contributed by atoms with Gasteiger partial charge in [0.2, 0.25) is 0 Å². The molecule has 15 heavy (non-hydrogen) atoms. The monoisotopic (exact) mass is 195 g/mol. The van der Waals surface area contributed by atoms with Gasteiger partial charge < -0.3 is 0 Å². The van der Waals surface area contributed by atoms with Crippen molar-refractivity contribution < 1.29 is 0 Å². The number of hydrogen-bond acceptors (Lipinski definition) is 0. The average molecular weight is 195 g/mol. The molecule has 0 bridgehead atoms. The van der Waals surface area contributed by atoms with E-state index in [1.54, 1.807) is 0 Å². The first-order valence-corrected chi connectivity index (χ1v) is 5.42. The van der Waals surface area contributed by atoms with Crippen LogP contribution in [0.2, 0.25) is 0 Å². The van der Waals surface area contributed by atoms with Gasteiger partial charge >= 0.3 is 0 Å². The molecule has 0 aliphatic rings. The summed E-state index contributed by atoms with van der Waals surface area (Å²) in [5, 5.41) is 0. The van der Waals surface area contributed by atoms with E-state index in [2.05, 4.69) is 55.5 Å². The minimum absolute atomic E-state index is 0.515. The minimum atomic E-state index is 0.515. The predicted octanol–water partition coefficient (Wildman–Crippen LogP) is 4.03. The first kappa shape index (κ1) is 9.97. The Morgan fingerprint density at radius 3 is 2.13 bits per heavy atom. The Morgan fingerprint density at radius 1 is 0.933 bits per heavy atom. The van der Waals surface area contributed by atoms with Gasteiger partial charge in [-0.2, -0.15) is 0 Å². The van der Waals surface area contributed by atoms with Gasteiger partial charge in [-0.05, 0) is 23.6 Å². The van der Waals surface area contributed by atoms with E-state index < -0.39 is 0 Å². The standard InChI is InChI=1S/C15H15/c1-2-15(13-9-5-3-6-10-13)14-11-7-4-8-12-14/h3,5-12,15H,2H2,1H3. The van der Waals surface area contributed by atoms with E-state index in [0.29, 0.717) is 5.92 Å². The third kappa shape index (κ3) is 2.27. The highest BCUT2D eigenvalue weighted by Gasteiger charge is 2.10. The highest BCUT2D eigenvalue weighted by atomic mass is 14.1. The highest BCUT2D eigenvalue weighted by molar-refractivity contribution is 5.31. The van der Waals surface area contributed by atoms with Gasteiger partial charge in [0, 0.05) is 5.92 Å². The summed E-state index contributed by atoms with van der Waals surface area (Å²) in [5.74, 6) is 0.515. The zero-order valence-electron chi connectivity index (χ0n) is 8.98. The Morgan fingerprint density at radius 2 is 1.53 bits per heavy atom. The lowest BCUT2D eigenvalue weighted by Crippen LogP contribution is -1.98. The van der Waals surface area contributed by atoms with Crippen molar-refractivity contribution in [3.63, 3.8) is 0 Å². The van der Waals surface area contributed by atoms with Crippen LogP contribution in [-0.2, 0) is 0 Å². The van der Waals surface area contributed by atoms with Crippen molar-refractivity contribution >= 4 is 0 Å². The molecule has 0 aromatic heterocycles. The molecule has 2 aromatic rings. The first-order valence-electron chi connectivity index (χ1n) is 5.42. The molecule has 1 unspecified atom stereocenters. The lowest BCUT2D eigenvalue weighted by atomic mass is 9.89. The second-order valence-electron chi connectivity index (χ2n) is 3.70. The van der Waals surface area contributed by atoms with E-state index in [0.717, 1.165) is 6.42 Å². The molecular formula is C15H15. The molecule has 1 atom stereocenters. The fraction of sp³-hybridized carbons (Fsp3) is 0.200. The van der Waals surface area contributed by atoms with E-state index in [4.69, 9.17) is 0 Å². The van der Waals surface area contributed by atoms with E-state index >= 15 is 0 Å². The second-order valence-corrected chi connectivity index (χ2v) is 3.70. The van der Waals surface area contributed by atoms with Gasteiger partial charge in [-0.3, -0.25) is 0 Å². The van der Waals surface area contributed by atoms with Gasteiger partial charge in [-0.25, -0.2) is 0 Å². The molecule has 0 saturated heterocycles. The minimum Gasteiger partial charge on any atom is -0.0645 e. The van der Waals surface area contributed by atoms with Gasteiger partial charge in [0.1, 0.15) is 0 Å². The smallest absolute Gasteiger partial charge is 0.00867 e. The van der Waals surface area contributed by atoms with Crippen molar-refractivity contribution in [2.45, 2.75) is 19.3 Å². The maximum absolute atomic E-state index is 3.06. The van der Waals surface area contributed by atoms with Crippen LogP contribution >= 0.6 is 0 Å². The van der Waals surface area contributed by atoms with Crippen LogP contribution in [0.1, 0.15) is 30.4 Å². The summed E-state index contributed by atoms with van der Waals surface area (Å²) in [6, 6.07) is 22.0. The van der Waals surface area contributed by atoms with Crippen molar-refractivity contribution in [2.75, 3.05) is 0 Å². The van der Waals surface area contributed by atoms with Crippen molar-refractivity contribution in [3.8, 4) is 0 Å². The van der Waals surface area contributed by atoms with E-state index in [1.165, 1.54) is 11.1 Å². The average Bonchev–Trinajstić information content (AvgIpc) is 2.33. The second kappa shape index (κ2) is 4.79. The SMILES string of the molecule is CCC(c1cc[c]cc1)c1ccccc1. The molecular weight excluding hydrogens is 180 g/mol. The van der Waals surface area contributed by atoms with Gasteiger partial charge in [-0.1, -0.05) is 61.5 Å². The summed E-state index contributed by atoms with van der Waals surface area (Å²) >= 11 is 0. The summed E-state index contributed by atoms with van der Waals surface area (Å²) in [6.07, 6.45) is 1.13. The number of hydrogen-bond donors (Lipinski definition) is 0. The zero-order valence-corrected chi connectivity index (χ0v) is 8.98. The van der Waals surface area contributed by atoms with E-state index in [-0.39, 0.29) is 0 Å². The van der Waals surface area contributed by atoms with E-state index in [9.17, 15) is 0 Å². The molecule has 75 valence electrons. The third-order valence-electron chi connectivity index (χ3n) is 2.76. The molecule has 2 aromatic carbocycles. The van der Waals surface area contributed by atoms with E-state index in [1.807, 2.05) is 12.1 Å². The molecule has 0 heteroatoms. The van der Waals surface area contributed by atoms with Crippen molar-refractivity contribution in [1.29, 1.82) is 0 Å². The normalized spacial score (nSPS) is 10.5. The molecule has 0 N–H and O–H groups in total. The Hall–Kier alpha value is -1.56. The maximum atomic E-state index is 3.06. The molecule has 0 saturated carbocycles. The first-order chi connectivity index (χ1) is 7.42. The van der Waals surface area contributed by atoms with Gasteiger partial charge in [0.25, 0.3) is 0 Å². The van der Waals surface area contributed by atoms with Crippen LogP contribution < -0.4 is 0 Å². The third-order valence-corrected chi connectivity index (χ3v) is 2.76. The van der Waals surface area contributed by atoms with Crippen molar-refractivity contribution in [2.24, 2.45) is 0 Å². The van der Waals surface area contributed by atoms with Crippen molar-refractivity contribution in [3.05, 3.63) is 71.8 Å². The molecule has 0 heterocycles. The molecule has 0 aliphatic carbocycles. The van der Waals surface area contributed by atoms with Crippen LogP contribution in [0.15, 0.2) is 54.6 Å². The molecule has 0 amide bonds. The lowest BCUT2D eigenvalue weighted by molar-refractivity contribution is 0.777.